The molecule has 6 heteroatoms. The molecule has 25 heavy (non-hydrogen) atoms. The number of benzene rings is 2. The minimum Gasteiger partial charge on any atom is -0.321 e. The number of anilines is 2. The third-order valence-corrected chi connectivity index (χ3v) is 4.31. The van der Waals surface area contributed by atoms with Crippen molar-refractivity contribution in [1.29, 1.82) is 0 Å². The van der Waals surface area contributed by atoms with Crippen molar-refractivity contribution in [2.45, 2.75) is 13.3 Å². The molecule has 1 saturated carbocycles. The number of amides is 2. The first-order chi connectivity index (χ1) is 12.0. The summed E-state index contributed by atoms with van der Waals surface area (Å²) in [4.78, 5) is 26.5. The number of carbonyl (C=O) groups is 2. The molecule has 0 aromatic heterocycles. The van der Waals surface area contributed by atoms with Crippen LogP contribution >= 0.6 is 0 Å². The second-order valence-corrected chi connectivity index (χ2v) is 5.95. The first-order valence-corrected chi connectivity index (χ1v) is 8.14. The molecule has 0 radical (unpaired) electrons. The zero-order valence-electron chi connectivity index (χ0n) is 13.7. The van der Waals surface area contributed by atoms with Crippen molar-refractivity contribution in [3.63, 3.8) is 0 Å². The first-order valence-electron chi connectivity index (χ1n) is 8.14. The lowest BCUT2D eigenvalue weighted by atomic mass is 10.2. The fraction of sp³-hybridized carbons (Fsp3) is 0.263. The maximum absolute atomic E-state index is 13.6. The fourth-order valence-corrected chi connectivity index (χ4v) is 2.86. The molecule has 0 bridgehead atoms. The van der Waals surface area contributed by atoms with Crippen LogP contribution < -0.4 is 10.2 Å². The van der Waals surface area contributed by atoms with Gasteiger partial charge in [0.2, 0.25) is 11.8 Å². The normalized spacial score (nSPS) is 18.5. The number of halogens is 2. The number of carbonyl (C=O) groups excluding carboxylic acids is 2. The highest BCUT2D eigenvalue weighted by molar-refractivity contribution is 6.04. The third-order valence-electron chi connectivity index (χ3n) is 4.31. The Bertz CT molecular complexity index is 775. The van der Waals surface area contributed by atoms with Crippen LogP contribution in [0.2, 0.25) is 0 Å². The van der Waals surface area contributed by atoms with Gasteiger partial charge in [-0.25, -0.2) is 8.78 Å². The summed E-state index contributed by atoms with van der Waals surface area (Å²) in [6, 6.07) is 12.6. The molecular formula is C19H18F2N2O2. The van der Waals surface area contributed by atoms with E-state index in [0.29, 0.717) is 13.0 Å². The van der Waals surface area contributed by atoms with Crippen molar-refractivity contribution >= 4 is 23.2 Å². The van der Waals surface area contributed by atoms with Crippen LogP contribution in [0, 0.1) is 23.5 Å². The smallest absolute Gasteiger partial charge is 0.230 e. The summed E-state index contributed by atoms with van der Waals surface area (Å²) in [5.74, 6) is -3.39. The maximum atomic E-state index is 13.6. The van der Waals surface area contributed by atoms with E-state index in [0.717, 1.165) is 17.8 Å². The molecule has 2 amide bonds. The highest BCUT2D eigenvalue weighted by Crippen LogP contribution is 2.41. The number of nitrogens with zero attached hydrogens (tertiary/aromatic N) is 1. The van der Waals surface area contributed by atoms with Crippen LogP contribution in [0.5, 0.6) is 0 Å². The molecule has 2 atom stereocenters. The van der Waals surface area contributed by atoms with Crippen LogP contribution in [0.25, 0.3) is 0 Å². The van der Waals surface area contributed by atoms with Gasteiger partial charge in [-0.05, 0) is 37.6 Å². The summed E-state index contributed by atoms with van der Waals surface area (Å²) in [6.45, 7) is 2.34. The molecule has 130 valence electrons. The standard InChI is InChI=1S/C19H18F2N2O2/c1-2-23(12-7-4-3-5-8-12)19(25)14-11-13(14)18(24)22-17-15(20)9-6-10-16(17)21/h3-10,13-14H,2,11H2,1H3,(H,22,24). The van der Waals surface area contributed by atoms with Crippen molar-refractivity contribution < 1.29 is 18.4 Å². The molecule has 1 fully saturated rings. The summed E-state index contributed by atoms with van der Waals surface area (Å²) in [7, 11) is 0. The van der Waals surface area contributed by atoms with Gasteiger partial charge in [0.25, 0.3) is 0 Å². The van der Waals surface area contributed by atoms with Gasteiger partial charge in [-0.1, -0.05) is 24.3 Å². The molecule has 2 unspecified atom stereocenters. The van der Waals surface area contributed by atoms with E-state index in [1.807, 2.05) is 37.3 Å². The van der Waals surface area contributed by atoms with E-state index >= 15 is 0 Å². The van der Waals surface area contributed by atoms with Gasteiger partial charge in [0, 0.05) is 12.2 Å². The van der Waals surface area contributed by atoms with Gasteiger partial charge in [0.15, 0.2) is 0 Å². The topological polar surface area (TPSA) is 49.4 Å². The predicted molar refractivity (Wildman–Crippen MR) is 91.1 cm³/mol. The SMILES string of the molecule is CCN(C(=O)C1CC1C(=O)Nc1c(F)cccc1F)c1ccccc1. The largest absolute Gasteiger partial charge is 0.321 e. The lowest BCUT2D eigenvalue weighted by Crippen LogP contribution is -2.33. The highest BCUT2D eigenvalue weighted by atomic mass is 19.1. The second-order valence-electron chi connectivity index (χ2n) is 5.95. The molecular weight excluding hydrogens is 326 g/mol. The predicted octanol–water partition coefficient (Wildman–Crippen LogP) is 3.59. The highest BCUT2D eigenvalue weighted by Gasteiger charge is 2.49. The lowest BCUT2D eigenvalue weighted by molar-refractivity contribution is -0.123. The van der Waals surface area contributed by atoms with Gasteiger partial charge >= 0.3 is 0 Å². The van der Waals surface area contributed by atoms with Gasteiger partial charge < -0.3 is 10.2 Å². The molecule has 4 nitrogen and oxygen atoms in total. The van der Waals surface area contributed by atoms with Crippen molar-refractivity contribution in [2.24, 2.45) is 11.8 Å². The minimum absolute atomic E-state index is 0.150. The van der Waals surface area contributed by atoms with Crippen LogP contribution in [-0.4, -0.2) is 18.4 Å². The van der Waals surface area contributed by atoms with Gasteiger partial charge in [-0.3, -0.25) is 9.59 Å². The van der Waals surface area contributed by atoms with Gasteiger partial charge in [0.05, 0.1) is 11.8 Å². The fourth-order valence-electron chi connectivity index (χ4n) is 2.86. The van der Waals surface area contributed by atoms with Crippen LogP contribution in [0.4, 0.5) is 20.2 Å². The van der Waals surface area contributed by atoms with Crippen molar-refractivity contribution in [1.82, 2.24) is 0 Å². The molecule has 0 spiro atoms. The number of para-hydroxylation sites is 2. The van der Waals surface area contributed by atoms with Crippen molar-refractivity contribution in [3.05, 3.63) is 60.2 Å². The van der Waals surface area contributed by atoms with E-state index in [1.54, 1.807) is 4.90 Å². The first kappa shape index (κ1) is 17.1. The Kier molecular flexibility index (Phi) is 4.79. The molecule has 0 aliphatic heterocycles. The maximum Gasteiger partial charge on any atom is 0.230 e. The van der Waals surface area contributed by atoms with Gasteiger partial charge in [0.1, 0.15) is 17.3 Å². The average molecular weight is 344 g/mol. The zero-order chi connectivity index (χ0) is 18.0. The molecule has 1 N–H and O–H groups in total. The van der Waals surface area contributed by atoms with Crippen molar-refractivity contribution in [2.75, 3.05) is 16.8 Å². The van der Waals surface area contributed by atoms with E-state index in [9.17, 15) is 18.4 Å². The Morgan fingerprint density at radius 1 is 1.04 bits per heavy atom. The lowest BCUT2D eigenvalue weighted by Gasteiger charge is -2.21. The number of hydrogen-bond donors (Lipinski definition) is 1. The number of rotatable bonds is 5. The summed E-state index contributed by atoms with van der Waals surface area (Å²) < 4.78 is 27.2. The molecule has 2 aromatic carbocycles. The molecule has 0 saturated heterocycles. The van der Waals surface area contributed by atoms with E-state index in [4.69, 9.17) is 0 Å². The summed E-state index contributed by atoms with van der Waals surface area (Å²) in [5.41, 5.74) is 0.294. The quantitative estimate of drug-likeness (QED) is 0.901. The van der Waals surface area contributed by atoms with Gasteiger partial charge in [-0.15, -0.1) is 0 Å². The van der Waals surface area contributed by atoms with E-state index in [1.165, 1.54) is 6.07 Å². The molecule has 0 heterocycles. The Morgan fingerprint density at radius 2 is 1.68 bits per heavy atom. The Hall–Kier alpha value is -2.76. The minimum atomic E-state index is -0.837. The molecule has 1 aliphatic carbocycles. The Morgan fingerprint density at radius 3 is 2.28 bits per heavy atom. The zero-order valence-corrected chi connectivity index (χ0v) is 13.7. The molecule has 2 aromatic rings. The number of hydrogen-bond acceptors (Lipinski definition) is 2. The summed E-state index contributed by atoms with van der Waals surface area (Å²) in [6.07, 6.45) is 0.379. The van der Waals surface area contributed by atoms with Crippen molar-refractivity contribution in [3.8, 4) is 0 Å². The number of nitrogens with one attached hydrogen (secondary N) is 1. The van der Waals surface area contributed by atoms with Gasteiger partial charge in [-0.2, -0.15) is 0 Å². The molecule has 3 rings (SSSR count). The monoisotopic (exact) mass is 344 g/mol. The van der Waals surface area contributed by atoms with E-state index < -0.39 is 35.1 Å². The summed E-state index contributed by atoms with van der Waals surface area (Å²) >= 11 is 0. The Labute approximate surface area is 144 Å². The van der Waals surface area contributed by atoms with E-state index in [2.05, 4.69) is 5.32 Å². The third kappa shape index (κ3) is 3.52. The van der Waals surface area contributed by atoms with Crippen LogP contribution in [-0.2, 0) is 9.59 Å². The molecule has 1 aliphatic rings. The Balaban J connectivity index is 1.67. The second kappa shape index (κ2) is 7.01. The average Bonchev–Trinajstić information content (AvgIpc) is 3.40. The van der Waals surface area contributed by atoms with E-state index in [-0.39, 0.29) is 5.91 Å². The summed E-state index contributed by atoms with van der Waals surface area (Å²) in [5, 5.41) is 2.26. The van der Waals surface area contributed by atoms with Crippen LogP contribution in [0.3, 0.4) is 0 Å². The van der Waals surface area contributed by atoms with Crippen LogP contribution in [0.1, 0.15) is 13.3 Å². The van der Waals surface area contributed by atoms with Crippen LogP contribution in [0.15, 0.2) is 48.5 Å².